The predicted molar refractivity (Wildman–Crippen MR) is 97.4 cm³/mol. The van der Waals surface area contributed by atoms with Gasteiger partial charge in [0.25, 0.3) is 5.91 Å². The third kappa shape index (κ3) is 3.94. The van der Waals surface area contributed by atoms with Crippen molar-refractivity contribution >= 4 is 17.2 Å². The molecule has 0 saturated carbocycles. The lowest BCUT2D eigenvalue weighted by Crippen LogP contribution is -2.26. The van der Waals surface area contributed by atoms with Crippen molar-refractivity contribution in [3.8, 4) is 11.4 Å². The molecule has 0 saturated heterocycles. The highest BCUT2D eigenvalue weighted by Gasteiger charge is 2.15. The van der Waals surface area contributed by atoms with Gasteiger partial charge in [-0.25, -0.2) is 4.98 Å². The van der Waals surface area contributed by atoms with E-state index in [0.717, 1.165) is 5.56 Å². The van der Waals surface area contributed by atoms with Crippen molar-refractivity contribution in [1.29, 1.82) is 0 Å². The van der Waals surface area contributed by atoms with E-state index in [9.17, 15) is 4.79 Å². The molecule has 3 rings (SSSR count). The van der Waals surface area contributed by atoms with Crippen LogP contribution >= 0.6 is 11.3 Å². The van der Waals surface area contributed by atoms with E-state index < -0.39 is 0 Å². The summed E-state index contributed by atoms with van der Waals surface area (Å²) in [4.78, 5) is 20.0. The van der Waals surface area contributed by atoms with Gasteiger partial charge in [-0.3, -0.25) is 9.89 Å². The Labute approximate surface area is 150 Å². The van der Waals surface area contributed by atoms with Gasteiger partial charge in [-0.15, -0.1) is 11.3 Å². The Balaban J connectivity index is 1.77. The average Bonchev–Trinajstić information content (AvgIpc) is 3.24. The third-order valence-corrected chi connectivity index (χ3v) is 4.88. The van der Waals surface area contributed by atoms with E-state index >= 15 is 0 Å². The molecule has 3 aromatic rings. The minimum atomic E-state index is -0.0256. The summed E-state index contributed by atoms with van der Waals surface area (Å²) >= 11 is 1.67. The molecule has 1 N–H and O–H groups in total. The Morgan fingerprint density at radius 2 is 2.20 bits per heavy atom. The van der Waals surface area contributed by atoms with Crippen molar-refractivity contribution in [2.75, 3.05) is 14.2 Å². The van der Waals surface area contributed by atoms with Gasteiger partial charge >= 0.3 is 0 Å². The zero-order chi connectivity index (χ0) is 17.8. The number of aromatic amines is 1. The summed E-state index contributed by atoms with van der Waals surface area (Å²) in [5, 5.41) is 9.06. The molecule has 0 fully saturated rings. The second-order valence-corrected chi connectivity index (χ2v) is 6.81. The number of thiophene rings is 1. The molecule has 0 bridgehead atoms. The number of rotatable bonds is 6. The van der Waals surface area contributed by atoms with Gasteiger partial charge in [0.05, 0.1) is 6.54 Å². The van der Waals surface area contributed by atoms with E-state index in [1.54, 1.807) is 23.3 Å². The molecule has 0 unspecified atom stereocenters. The zero-order valence-corrected chi connectivity index (χ0v) is 15.3. The second-order valence-electron chi connectivity index (χ2n) is 5.81. The number of aromatic nitrogens is 3. The standard InChI is InChI=1S/C18H20N4O2S/c1-12-7-8-25-15(12)10-22(2)18(23)14-6-4-5-13(9-14)17-19-16(11-24-3)20-21-17/h4-9H,10-11H2,1-3H3,(H,19,20,21). The number of aryl methyl sites for hydroxylation is 1. The monoisotopic (exact) mass is 356 g/mol. The first-order chi connectivity index (χ1) is 12.1. The SMILES string of the molecule is COCc1nc(-c2cccc(C(=O)N(C)Cc3sccc3C)c2)n[nH]1. The van der Waals surface area contributed by atoms with Crippen LogP contribution in [0, 0.1) is 6.92 Å². The number of ether oxygens (including phenoxy) is 1. The molecule has 0 spiro atoms. The highest BCUT2D eigenvalue weighted by atomic mass is 32.1. The van der Waals surface area contributed by atoms with Gasteiger partial charge in [0.1, 0.15) is 6.61 Å². The van der Waals surface area contributed by atoms with Gasteiger partial charge in [-0.2, -0.15) is 5.10 Å². The topological polar surface area (TPSA) is 71.1 Å². The fraction of sp³-hybridized carbons (Fsp3) is 0.278. The van der Waals surface area contributed by atoms with Crippen LogP contribution in [0.5, 0.6) is 0 Å². The molecule has 2 aromatic heterocycles. The van der Waals surface area contributed by atoms with Gasteiger partial charge in [-0.05, 0) is 36.1 Å². The van der Waals surface area contributed by atoms with Crippen LogP contribution in [0.4, 0.5) is 0 Å². The molecule has 25 heavy (non-hydrogen) atoms. The molecule has 0 atom stereocenters. The predicted octanol–water partition coefficient (Wildman–Crippen LogP) is 3.26. The van der Waals surface area contributed by atoms with Crippen molar-refractivity contribution in [3.05, 3.63) is 57.5 Å². The second kappa shape index (κ2) is 7.58. The van der Waals surface area contributed by atoms with Gasteiger partial charge in [0, 0.05) is 30.2 Å². The van der Waals surface area contributed by atoms with Gasteiger partial charge in [0.15, 0.2) is 11.6 Å². The Morgan fingerprint density at radius 1 is 1.36 bits per heavy atom. The van der Waals surface area contributed by atoms with Gasteiger partial charge in [-0.1, -0.05) is 12.1 Å². The van der Waals surface area contributed by atoms with Gasteiger partial charge in [0.2, 0.25) is 0 Å². The van der Waals surface area contributed by atoms with Crippen LogP contribution in [0.25, 0.3) is 11.4 Å². The van der Waals surface area contributed by atoms with Crippen LogP contribution < -0.4 is 0 Å². The summed E-state index contributed by atoms with van der Waals surface area (Å²) in [7, 11) is 3.42. The molecule has 6 nitrogen and oxygen atoms in total. The number of methoxy groups -OCH3 is 1. The lowest BCUT2D eigenvalue weighted by Gasteiger charge is -2.17. The van der Waals surface area contributed by atoms with E-state index in [0.29, 0.717) is 30.4 Å². The Kier molecular flexibility index (Phi) is 5.25. The summed E-state index contributed by atoms with van der Waals surface area (Å²) in [6, 6.07) is 9.44. The minimum Gasteiger partial charge on any atom is -0.377 e. The van der Waals surface area contributed by atoms with Crippen molar-refractivity contribution < 1.29 is 9.53 Å². The molecule has 1 aromatic carbocycles. The third-order valence-electron chi connectivity index (χ3n) is 3.88. The fourth-order valence-electron chi connectivity index (χ4n) is 2.49. The van der Waals surface area contributed by atoms with Gasteiger partial charge < -0.3 is 9.64 Å². The number of carbonyl (C=O) groups excluding carboxylic acids is 1. The maximum atomic E-state index is 12.7. The number of nitrogens with zero attached hydrogens (tertiary/aromatic N) is 3. The number of H-pyrrole nitrogens is 1. The molecule has 0 aliphatic carbocycles. The smallest absolute Gasteiger partial charge is 0.253 e. The van der Waals surface area contributed by atoms with E-state index in [1.165, 1.54) is 10.4 Å². The van der Waals surface area contributed by atoms with Crippen LogP contribution in [-0.4, -0.2) is 40.1 Å². The number of hydrogen-bond donors (Lipinski definition) is 1. The molecule has 0 aliphatic rings. The van der Waals surface area contributed by atoms with Crippen LogP contribution in [-0.2, 0) is 17.9 Å². The van der Waals surface area contributed by atoms with E-state index in [2.05, 4.69) is 28.2 Å². The highest BCUT2D eigenvalue weighted by Crippen LogP contribution is 2.20. The quantitative estimate of drug-likeness (QED) is 0.736. The number of amides is 1. The summed E-state index contributed by atoms with van der Waals surface area (Å²) in [6.45, 7) is 3.03. The van der Waals surface area contributed by atoms with E-state index in [4.69, 9.17) is 4.74 Å². The lowest BCUT2D eigenvalue weighted by molar-refractivity contribution is 0.0786. The molecule has 7 heteroatoms. The number of benzene rings is 1. The minimum absolute atomic E-state index is 0.0256. The summed E-state index contributed by atoms with van der Waals surface area (Å²) < 4.78 is 5.04. The molecular weight excluding hydrogens is 336 g/mol. The lowest BCUT2D eigenvalue weighted by atomic mass is 10.1. The first-order valence-electron chi connectivity index (χ1n) is 7.87. The molecule has 2 heterocycles. The summed E-state index contributed by atoms with van der Waals surface area (Å²) in [6.07, 6.45) is 0. The van der Waals surface area contributed by atoms with E-state index in [1.807, 2.05) is 36.7 Å². The first kappa shape index (κ1) is 17.3. The number of nitrogens with one attached hydrogen (secondary N) is 1. The summed E-state index contributed by atoms with van der Waals surface area (Å²) in [5.41, 5.74) is 2.63. The molecule has 0 aliphatic heterocycles. The Bertz CT molecular complexity index is 871. The zero-order valence-electron chi connectivity index (χ0n) is 14.4. The van der Waals surface area contributed by atoms with Crippen molar-refractivity contribution in [1.82, 2.24) is 20.1 Å². The molecular formula is C18H20N4O2S. The van der Waals surface area contributed by atoms with Crippen LogP contribution in [0.3, 0.4) is 0 Å². The van der Waals surface area contributed by atoms with E-state index in [-0.39, 0.29) is 5.91 Å². The van der Waals surface area contributed by atoms with Crippen molar-refractivity contribution in [2.45, 2.75) is 20.1 Å². The normalized spacial score (nSPS) is 10.8. The van der Waals surface area contributed by atoms with Crippen LogP contribution in [0.15, 0.2) is 35.7 Å². The Hall–Kier alpha value is -2.51. The maximum absolute atomic E-state index is 12.7. The molecule has 0 radical (unpaired) electrons. The van der Waals surface area contributed by atoms with Crippen LogP contribution in [0.1, 0.15) is 26.6 Å². The first-order valence-corrected chi connectivity index (χ1v) is 8.75. The average molecular weight is 356 g/mol. The highest BCUT2D eigenvalue weighted by molar-refractivity contribution is 7.10. The number of hydrogen-bond acceptors (Lipinski definition) is 5. The fourth-order valence-corrected chi connectivity index (χ4v) is 3.45. The maximum Gasteiger partial charge on any atom is 0.253 e. The largest absolute Gasteiger partial charge is 0.377 e. The molecule has 1 amide bonds. The van der Waals surface area contributed by atoms with Crippen LogP contribution in [0.2, 0.25) is 0 Å². The molecule has 130 valence electrons. The van der Waals surface area contributed by atoms with Crippen molar-refractivity contribution in [2.24, 2.45) is 0 Å². The Morgan fingerprint density at radius 3 is 2.92 bits per heavy atom. The van der Waals surface area contributed by atoms with Crippen molar-refractivity contribution in [3.63, 3.8) is 0 Å². The number of carbonyl (C=O) groups is 1. The summed E-state index contributed by atoms with van der Waals surface area (Å²) in [5.74, 6) is 1.18.